The Labute approximate surface area is 234 Å². The SMILES string of the molecule is COc1ccc(C2C(C#N)=C(N)N(c3nnc(SCC(=O)Nc4ccc(C)cc4)s3)C3=C2C(=O)CCC3)cc1. The number of ketones is 1. The summed E-state index contributed by atoms with van der Waals surface area (Å²) in [5.41, 5.74) is 10.9. The average Bonchev–Trinajstić information content (AvgIpc) is 3.41. The number of rotatable bonds is 7. The second-order valence-electron chi connectivity index (χ2n) is 9.14. The van der Waals surface area contributed by atoms with Gasteiger partial charge in [-0.15, -0.1) is 10.2 Å². The van der Waals surface area contributed by atoms with Gasteiger partial charge in [0, 0.05) is 23.4 Å². The monoisotopic (exact) mass is 558 g/mol. The molecule has 1 aliphatic carbocycles. The molecule has 0 radical (unpaired) electrons. The zero-order chi connectivity index (χ0) is 27.5. The van der Waals surface area contributed by atoms with Crippen LogP contribution >= 0.6 is 23.1 Å². The standard InChI is InChI=1S/C28H26N6O3S2/c1-16-6-10-18(11-7-16)31-23(36)15-38-28-33-32-27(39-28)34-21-4-3-5-22(35)25(21)24(20(14-29)26(34)30)17-8-12-19(37-2)13-9-17/h6-13,24H,3-5,15,30H2,1-2H3,(H,31,36). The topological polar surface area (TPSA) is 134 Å². The third-order valence-electron chi connectivity index (χ3n) is 6.61. The van der Waals surface area contributed by atoms with E-state index < -0.39 is 5.92 Å². The highest BCUT2D eigenvalue weighted by atomic mass is 32.2. The number of nitrogens with one attached hydrogen (secondary N) is 1. The molecule has 0 bridgehead atoms. The van der Waals surface area contributed by atoms with E-state index in [0.717, 1.165) is 22.5 Å². The largest absolute Gasteiger partial charge is 0.497 e. The molecule has 1 amide bonds. The Hall–Kier alpha value is -4.14. The first-order valence-corrected chi connectivity index (χ1v) is 14.1. The van der Waals surface area contributed by atoms with Crippen molar-refractivity contribution < 1.29 is 14.3 Å². The van der Waals surface area contributed by atoms with Crippen LogP contribution in [0.1, 0.15) is 36.3 Å². The fourth-order valence-electron chi connectivity index (χ4n) is 4.75. The van der Waals surface area contributed by atoms with Crippen LogP contribution in [0.2, 0.25) is 0 Å². The molecular weight excluding hydrogens is 532 g/mol. The number of hydrogen-bond donors (Lipinski definition) is 2. The summed E-state index contributed by atoms with van der Waals surface area (Å²) < 4.78 is 5.86. The molecule has 3 N–H and O–H groups in total. The Morgan fingerprint density at radius 3 is 2.64 bits per heavy atom. The smallest absolute Gasteiger partial charge is 0.234 e. The van der Waals surface area contributed by atoms with Crippen LogP contribution in [0.5, 0.6) is 5.75 Å². The maximum absolute atomic E-state index is 13.3. The van der Waals surface area contributed by atoms with E-state index in [1.807, 2.05) is 55.5 Å². The number of anilines is 2. The van der Waals surface area contributed by atoms with Gasteiger partial charge in [-0.05, 0) is 49.6 Å². The third kappa shape index (κ3) is 5.39. The summed E-state index contributed by atoms with van der Waals surface area (Å²) in [6.07, 6.45) is 1.71. The van der Waals surface area contributed by atoms with Gasteiger partial charge < -0.3 is 15.8 Å². The lowest BCUT2D eigenvalue weighted by Gasteiger charge is -2.38. The highest BCUT2D eigenvalue weighted by molar-refractivity contribution is 8.01. The molecule has 9 nitrogen and oxygen atoms in total. The van der Waals surface area contributed by atoms with E-state index in [-0.39, 0.29) is 28.8 Å². The number of nitrogens with zero attached hydrogens (tertiary/aromatic N) is 4. The summed E-state index contributed by atoms with van der Waals surface area (Å²) in [4.78, 5) is 27.4. The molecule has 1 atom stereocenters. The molecule has 2 aliphatic rings. The fourth-order valence-corrected chi connectivity index (χ4v) is 6.43. The number of carbonyl (C=O) groups excluding carboxylic acids is 2. The maximum Gasteiger partial charge on any atom is 0.234 e. The lowest BCUT2D eigenvalue weighted by atomic mass is 9.76. The van der Waals surface area contributed by atoms with Gasteiger partial charge in [0.25, 0.3) is 0 Å². The van der Waals surface area contributed by atoms with Crippen LogP contribution in [0.3, 0.4) is 0 Å². The zero-order valence-electron chi connectivity index (χ0n) is 21.4. The van der Waals surface area contributed by atoms with Gasteiger partial charge in [-0.2, -0.15) is 5.26 Å². The number of methoxy groups -OCH3 is 1. The minimum atomic E-state index is -0.563. The van der Waals surface area contributed by atoms with Crippen LogP contribution in [0.25, 0.3) is 0 Å². The summed E-state index contributed by atoms with van der Waals surface area (Å²) in [6.45, 7) is 1.99. The highest BCUT2D eigenvalue weighted by Gasteiger charge is 2.41. The van der Waals surface area contributed by atoms with Crippen molar-refractivity contribution in [1.82, 2.24) is 10.2 Å². The van der Waals surface area contributed by atoms with Gasteiger partial charge in [0.05, 0.1) is 30.4 Å². The number of hydrogen-bond acceptors (Lipinski definition) is 10. The lowest BCUT2D eigenvalue weighted by Crippen LogP contribution is -2.38. The van der Waals surface area contributed by atoms with E-state index in [1.54, 1.807) is 12.0 Å². The Bertz CT molecular complexity index is 1520. The van der Waals surface area contributed by atoms with E-state index in [9.17, 15) is 14.9 Å². The Kier molecular flexibility index (Phi) is 7.67. The molecular formula is C28H26N6O3S2. The van der Waals surface area contributed by atoms with Crippen LogP contribution in [-0.2, 0) is 9.59 Å². The van der Waals surface area contributed by atoms with E-state index >= 15 is 0 Å². The lowest BCUT2D eigenvalue weighted by molar-refractivity contribution is -0.116. The zero-order valence-corrected chi connectivity index (χ0v) is 23.1. The molecule has 2 aromatic carbocycles. The number of nitrogens with two attached hydrogens (primary N) is 1. The number of ether oxygens (including phenoxy) is 1. The van der Waals surface area contributed by atoms with Gasteiger partial charge in [-0.1, -0.05) is 52.9 Å². The van der Waals surface area contributed by atoms with Crippen LogP contribution < -0.4 is 20.7 Å². The van der Waals surface area contributed by atoms with Crippen molar-refractivity contribution in [1.29, 1.82) is 5.26 Å². The summed E-state index contributed by atoms with van der Waals surface area (Å²) in [5, 5.41) is 22.1. The number of aromatic nitrogens is 2. The van der Waals surface area contributed by atoms with E-state index in [2.05, 4.69) is 21.6 Å². The van der Waals surface area contributed by atoms with Crippen molar-refractivity contribution in [2.75, 3.05) is 23.1 Å². The Balaban J connectivity index is 1.41. The van der Waals surface area contributed by atoms with E-state index in [0.29, 0.717) is 40.1 Å². The number of nitriles is 1. The minimum Gasteiger partial charge on any atom is -0.497 e. The predicted octanol–water partition coefficient (Wildman–Crippen LogP) is 4.89. The van der Waals surface area contributed by atoms with E-state index in [1.165, 1.54) is 23.1 Å². The predicted molar refractivity (Wildman–Crippen MR) is 151 cm³/mol. The van der Waals surface area contributed by atoms with Gasteiger partial charge >= 0.3 is 0 Å². The quantitative estimate of drug-likeness (QED) is 0.389. The number of allylic oxidation sites excluding steroid dienone is 3. The van der Waals surface area contributed by atoms with Crippen molar-refractivity contribution in [3.8, 4) is 11.8 Å². The van der Waals surface area contributed by atoms with Crippen LogP contribution in [0.4, 0.5) is 10.8 Å². The number of carbonyl (C=O) groups is 2. The van der Waals surface area contributed by atoms with Crippen molar-refractivity contribution in [3.05, 3.63) is 82.3 Å². The molecule has 198 valence electrons. The Morgan fingerprint density at radius 1 is 1.21 bits per heavy atom. The molecule has 1 aromatic heterocycles. The molecule has 0 spiro atoms. The summed E-state index contributed by atoms with van der Waals surface area (Å²) >= 11 is 2.53. The summed E-state index contributed by atoms with van der Waals surface area (Å²) in [7, 11) is 1.59. The van der Waals surface area contributed by atoms with Crippen LogP contribution in [0.15, 0.2) is 75.5 Å². The molecule has 11 heteroatoms. The summed E-state index contributed by atoms with van der Waals surface area (Å²) in [6, 6.07) is 17.2. The average molecular weight is 559 g/mol. The normalized spacial score (nSPS) is 17.1. The van der Waals surface area contributed by atoms with Crippen LogP contribution in [0, 0.1) is 18.3 Å². The minimum absolute atomic E-state index is 0.00536. The second-order valence-corrected chi connectivity index (χ2v) is 11.3. The number of amides is 1. The van der Waals surface area contributed by atoms with Crippen LogP contribution in [-0.4, -0.2) is 34.8 Å². The molecule has 0 fully saturated rings. The fraction of sp³-hybridized carbons (Fsp3) is 0.250. The number of aryl methyl sites for hydroxylation is 1. The Morgan fingerprint density at radius 2 is 1.95 bits per heavy atom. The van der Waals surface area contributed by atoms with Crippen molar-refractivity contribution >= 4 is 45.6 Å². The molecule has 0 saturated carbocycles. The van der Waals surface area contributed by atoms with Gasteiger partial charge in [0.1, 0.15) is 11.6 Å². The van der Waals surface area contributed by atoms with Gasteiger partial charge in [0.2, 0.25) is 11.0 Å². The van der Waals surface area contributed by atoms with Gasteiger partial charge in [0.15, 0.2) is 10.1 Å². The van der Waals surface area contributed by atoms with Crippen molar-refractivity contribution in [2.24, 2.45) is 5.73 Å². The molecule has 1 aliphatic heterocycles. The number of benzene rings is 2. The van der Waals surface area contributed by atoms with E-state index in [4.69, 9.17) is 10.5 Å². The van der Waals surface area contributed by atoms with Gasteiger partial charge in [-0.25, -0.2) is 0 Å². The molecule has 5 rings (SSSR count). The van der Waals surface area contributed by atoms with Gasteiger partial charge in [-0.3, -0.25) is 14.5 Å². The second kappa shape index (κ2) is 11.3. The molecule has 2 heterocycles. The number of Topliss-reactive ketones (excluding diaryl/α,β-unsaturated/α-hetero) is 1. The first-order chi connectivity index (χ1) is 18.9. The summed E-state index contributed by atoms with van der Waals surface area (Å²) in [5.74, 6) is 0.346. The van der Waals surface area contributed by atoms with Crippen molar-refractivity contribution in [2.45, 2.75) is 36.4 Å². The molecule has 1 unspecified atom stereocenters. The maximum atomic E-state index is 13.3. The first kappa shape index (κ1) is 26.5. The first-order valence-electron chi connectivity index (χ1n) is 12.3. The highest BCUT2D eigenvalue weighted by Crippen LogP contribution is 2.47. The third-order valence-corrected chi connectivity index (χ3v) is 8.65. The molecule has 39 heavy (non-hydrogen) atoms. The molecule has 3 aromatic rings. The van der Waals surface area contributed by atoms with Crippen molar-refractivity contribution in [3.63, 3.8) is 0 Å². The number of thioether (sulfide) groups is 1. The molecule has 0 saturated heterocycles.